The Morgan fingerprint density at radius 1 is 0.727 bits per heavy atom. The Kier molecular flexibility index (Phi) is 6.46. The zero-order valence-corrected chi connectivity index (χ0v) is 23.7. The second kappa shape index (κ2) is 10.4. The molecule has 1 heterocycles. The molecule has 8 rings (SSSR count). The summed E-state index contributed by atoms with van der Waals surface area (Å²) in [4.78, 5) is 68.1. The molecule has 4 aromatic rings. The van der Waals surface area contributed by atoms with Gasteiger partial charge in [-0.15, -0.1) is 0 Å². The Bertz CT molecular complexity index is 1740. The molecular formula is C35H27N3O6. The Labute approximate surface area is 252 Å². The van der Waals surface area contributed by atoms with E-state index in [2.05, 4.69) is 0 Å². The number of hydrogen-bond acceptors (Lipinski definition) is 6. The predicted octanol–water partition coefficient (Wildman–Crippen LogP) is 5.51. The highest BCUT2D eigenvalue weighted by Crippen LogP contribution is 2.61. The largest absolute Gasteiger partial charge is 0.292 e. The van der Waals surface area contributed by atoms with Gasteiger partial charge in [0.1, 0.15) is 6.04 Å². The summed E-state index contributed by atoms with van der Waals surface area (Å²) in [6, 6.07) is 27.8. The average Bonchev–Trinajstić information content (AvgIpc) is 3.32. The van der Waals surface area contributed by atoms with Gasteiger partial charge in [0.25, 0.3) is 23.4 Å². The fourth-order valence-electron chi connectivity index (χ4n) is 7.37. The molecule has 3 aliphatic carbocycles. The summed E-state index contributed by atoms with van der Waals surface area (Å²) in [6.45, 7) is 1.72. The van der Waals surface area contributed by atoms with Crippen LogP contribution in [0.3, 0.4) is 0 Å². The van der Waals surface area contributed by atoms with E-state index in [0.29, 0.717) is 5.56 Å². The normalized spacial score (nSPS) is 21.7. The third-order valence-electron chi connectivity index (χ3n) is 9.22. The van der Waals surface area contributed by atoms with E-state index in [9.17, 15) is 29.3 Å². The minimum absolute atomic E-state index is 0.0138. The molecule has 2 bridgehead atoms. The minimum atomic E-state index is -1.18. The SMILES string of the molecule is CC[C@@H](C(=O)c1ccccc1)N(C(=O)c1ccc([N+](=O)[O-])cc1)N1C(=O)[C@@H]2C3c4ccccc4C(c4ccccc43)[C@@H]2C1=O. The fourth-order valence-corrected chi connectivity index (χ4v) is 7.37. The standard InChI is InChI=1S/C35H27N3O6/c1-2-27(32(39)20-10-4-3-5-11-20)36(33(40)21-16-18-22(19-17-21)38(43)44)37-34(41)30-28-23-12-6-7-13-24(23)29(31(30)35(37)42)26-15-9-8-14-25(26)28/h3-19,27-31H,2H2,1H3/t27-,28?,29?,30-,31+/m0/s1. The maximum Gasteiger partial charge on any atom is 0.273 e. The summed E-state index contributed by atoms with van der Waals surface area (Å²) in [5.41, 5.74) is 4.08. The lowest BCUT2D eigenvalue weighted by molar-refractivity contribution is -0.384. The average molecular weight is 586 g/mol. The number of Topliss-reactive ketones (excluding diaryl/α,β-unsaturated/α-hetero) is 1. The maximum absolute atomic E-state index is 14.6. The summed E-state index contributed by atoms with van der Waals surface area (Å²) < 4.78 is 0. The zero-order valence-electron chi connectivity index (χ0n) is 23.7. The molecule has 0 unspecified atom stereocenters. The van der Waals surface area contributed by atoms with Crippen molar-refractivity contribution in [1.82, 2.24) is 10.0 Å². The Morgan fingerprint density at radius 3 is 1.61 bits per heavy atom. The van der Waals surface area contributed by atoms with E-state index < -0.39 is 46.3 Å². The number of imide groups is 1. The van der Waals surface area contributed by atoms with Crippen LogP contribution in [0.2, 0.25) is 0 Å². The van der Waals surface area contributed by atoms with Crippen molar-refractivity contribution in [2.45, 2.75) is 31.2 Å². The first-order valence-electron chi connectivity index (χ1n) is 14.6. The molecule has 1 fully saturated rings. The molecule has 1 aliphatic heterocycles. The quantitative estimate of drug-likeness (QED) is 0.122. The summed E-state index contributed by atoms with van der Waals surface area (Å²) in [5.74, 6) is -4.54. The van der Waals surface area contributed by atoms with Gasteiger partial charge >= 0.3 is 0 Å². The number of nitro groups is 1. The Morgan fingerprint density at radius 2 is 1.18 bits per heavy atom. The zero-order chi connectivity index (χ0) is 30.7. The molecule has 0 aromatic heterocycles. The van der Waals surface area contributed by atoms with Crippen molar-refractivity contribution in [2.75, 3.05) is 0 Å². The summed E-state index contributed by atoms with van der Waals surface area (Å²) in [5, 5.41) is 13.2. The monoisotopic (exact) mass is 585 g/mol. The lowest BCUT2D eigenvalue weighted by Crippen LogP contribution is -2.57. The van der Waals surface area contributed by atoms with E-state index in [1.807, 2.05) is 48.5 Å². The third kappa shape index (κ3) is 3.92. The van der Waals surface area contributed by atoms with Crippen molar-refractivity contribution in [3.63, 3.8) is 0 Å². The molecule has 0 spiro atoms. The highest BCUT2D eigenvalue weighted by molar-refractivity contribution is 6.12. The van der Waals surface area contributed by atoms with Crippen molar-refractivity contribution in [3.05, 3.63) is 147 Å². The van der Waals surface area contributed by atoms with Crippen LogP contribution in [0.25, 0.3) is 0 Å². The number of carbonyl (C=O) groups is 4. The molecule has 4 aliphatic rings. The maximum atomic E-state index is 14.6. The molecule has 9 nitrogen and oxygen atoms in total. The second-order valence-electron chi connectivity index (χ2n) is 11.4. The molecule has 0 N–H and O–H groups in total. The third-order valence-corrected chi connectivity index (χ3v) is 9.22. The van der Waals surface area contributed by atoms with Crippen molar-refractivity contribution in [3.8, 4) is 0 Å². The van der Waals surface area contributed by atoms with Gasteiger partial charge in [0.15, 0.2) is 5.78 Å². The van der Waals surface area contributed by atoms with Gasteiger partial charge in [0, 0.05) is 35.1 Å². The molecule has 4 aromatic carbocycles. The van der Waals surface area contributed by atoms with E-state index in [1.165, 1.54) is 24.3 Å². The number of nitro benzene ring substituents is 1. The van der Waals surface area contributed by atoms with E-state index in [0.717, 1.165) is 32.3 Å². The number of rotatable bonds is 7. The second-order valence-corrected chi connectivity index (χ2v) is 11.4. The number of nitrogens with zero attached hydrogens (tertiary/aromatic N) is 3. The molecule has 0 radical (unpaired) electrons. The number of amides is 3. The topological polar surface area (TPSA) is 118 Å². The van der Waals surface area contributed by atoms with Crippen LogP contribution in [0.15, 0.2) is 103 Å². The van der Waals surface area contributed by atoms with E-state index in [4.69, 9.17) is 0 Å². The predicted molar refractivity (Wildman–Crippen MR) is 160 cm³/mol. The molecule has 44 heavy (non-hydrogen) atoms. The molecule has 218 valence electrons. The number of benzene rings is 4. The van der Waals surface area contributed by atoms with E-state index in [-0.39, 0.29) is 29.5 Å². The van der Waals surface area contributed by atoms with Crippen molar-refractivity contribution in [1.29, 1.82) is 0 Å². The summed E-state index contributed by atoms with van der Waals surface area (Å²) in [6.07, 6.45) is 0.117. The first-order chi connectivity index (χ1) is 21.3. The number of hydrogen-bond donors (Lipinski definition) is 0. The lowest BCUT2D eigenvalue weighted by atomic mass is 9.55. The number of carbonyl (C=O) groups excluding carboxylic acids is 4. The smallest absolute Gasteiger partial charge is 0.273 e. The molecule has 0 saturated carbocycles. The van der Waals surface area contributed by atoms with Gasteiger partial charge in [0.2, 0.25) is 0 Å². The van der Waals surface area contributed by atoms with Crippen LogP contribution in [-0.2, 0) is 9.59 Å². The van der Waals surface area contributed by atoms with E-state index in [1.54, 1.807) is 37.3 Å². The van der Waals surface area contributed by atoms with Gasteiger partial charge in [-0.3, -0.25) is 29.3 Å². The number of hydrazine groups is 1. The number of ketones is 1. The van der Waals surface area contributed by atoms with Gasteiger partial charge in [-0.2, -0.15) is 5.01 Å². The van der Waals surface area contributed by atoms with Crippen LogP contribution in [0.4, 0.5) is 5.69 Å². The van der Waals surface area contributed by atoms with Crippen LogP contribution in [0.1, 0.15) is 68.2 Å². The molecule has 3 amide bonds. The van der Waals surface area contributed by atoms with Crippen LogP contribution in [0.5, 0.6) is 0 Å². The van der Waals surface area contributed by atoms with Crippen LogP contribution in [-0.4, -0.2) is 44.5 Å². The van der Waals surface area contributed by atoms with Gasteiger partial charge in [-0.25, -0.2) is 5.01 Å². The van der Waals surface area contributed by atoms with Crippen LogP contribution >= 0.6 is 0 Å². The van der Waals surface area contributed by atoms with Gasteiger partial charge < -0.3 is 0 Å². The van der Waals surface area contributed by atoms with Crippen molar-refractivity contribution < 1.29 is 24.1 Å². The van der Waals surface area contributed by atoms with Crippen molar-refractivity contribution in [2.24, 2.45) is 11.8 Å². The van der Waals surface area contributed by atoms with Gasteiger partial charge in [-0.05, 0) is 40.8 Å². The van der Waals surface area contributed by atoms with Gasteiger partial charge in [-0.1, -0.05) is 85.8 Å². The minimum Gasteiger partial charge on any atom is -0.292 e. The van der Waals surface area contributed by atoms with E-state index >= 15 is 0 Å². The molecule has 3 atom stereocenters. The summed E-state index contributed by atoms with van der Waals surface area (Å²) >= 11 is 0. The molecular weight excluding hydrogens is 558 g/mol. The highest BCUT2D eigenvalue weighted by Gasteiger charge is 2.63. The lowest BCUT2D eigenvalue weighted by Gasteiger charge is -2.45. The fraction of sp³-hybridized carbons (Fsp3) is 0.200. The van der Waals surface area contributed by atoms with Crippen molar-refractivity contribution >= 4 is 29.2 Å². The van der Waals surface area contributed by atoms with Gasteiger partial charge in [0.05, 0.1) is 16.8 Å². The van der Waals surface area contributed by atoms with Crippen LogP contribution in [0, 0.1) is 22.0 Å². The first kappa shape index (κ1) is 27.4. The number of non-ortho nitro benzene ring substituents is 1. The Balaban J connectivity index is 1.37. The Hall–Kier alpha value is -5.44. The van der Waals surface area contributed by atoms with Crippen LogP contribution < -0.4 is 0 Å². The first-order valence-corrected chi connectivity index (χ1v) is 14.6. The summed E-state index contributed by atoms with van der Waals surface area (Å²) in [7, 11) is 0. The molecule has 1 saturated heterocycles. The highest BCUT2D eigenvalue weighted by atomic mass is 16.6. The molecule has 9 heteroatoms.